The van der Waals surface area contributed by atoms with Crippen LogP contribution in [0.15, 0.2) is 28.7 Å². The summed E-state index contributed by atoms with van der Waals surface area (Å²) in [6, 6.07) is 8.06. The minimum absolute atomic E-state index is 0.404. The van der Waals surface area contributed by atoms with E-state index in [4.69, 9.17) is 4.42 Å². The lowest BCUT2D eigenvalue weighted by molar-refractivity contribution is 0.0457. The summed E-state index contributed by atoms with van der Waals surface area (Å²) >= 11 is 0. The van der Waals surface area contributed by atoms with Crippen molar-refractivity contribution in [3.05, 3.63) is 35.6 Å². The lowest BCUT2D eigenvalue weighted by Gasteiger charge is -2.28. The first-order valence-corrected chi connectivity index (χ1v) is 5.93. The van der Waals surface area contributed by atoms with Gasteiger partial charge in [0.15, 0.2) is 0 Å². The average Bonchev–Trinajstić information content (AvgIpc) is 2.60. The first-order valence-electron chi connectivity index (χ1n) is 5.93. The van der Waals surface area contributed by atoms with E-state index in [0.29, 0.717) is 5.92 Å². The summed E-state index contributed by atoms with van der Waals surface area (Å²) in [4.78, 5) is 0. The summed E-state index contributed by atoms with van der Waals surface area (Å²) in [6.07, 6.45) is 3.07. The van der Waals surface area contributed by atoms with Crippen molar-refractivity contribution < 1.29 is 9.52 Å². The van der Waals surface area contributed by atoms with Gasteiger partial charge < -0.3 is 9.52 Å². The van der Waals surface area contributed by atoms with E-state index in [-0.39, 0.29) is 0 Å². The van der Waals surface area contributed by atoms with Crippen LogP contribution < -0.4 is 0 Å². The van der Waals surface area contributed by atoms with Crippen LogP contribution >= 0.6 is 0 Å². The molecule has 1 aliphatic rings. The van der Waals surface area contributed by atoms with Crippen LogP contribution in [-0.2, 0) is 0 Å². The smallest absolute Gasteiger partial charge is 0.137 e. The van der Waals surface area contributed by atoms with Crippen LogP contribution in [0.25, 0.3) is 11.0 Å². The van der Waals surface area contributed by atoms with Crippen LogP contribution in [0.3, 0.4) is 0 Å². The van der Waals surface area contributed by atoms with E-state index in [1.54, 1.807) is 0 Å². The molecule has 1 heterocycles. The maximum atomic E-state index is 10.1. The Morgan fingerprint density at radius 2 is 2.19 bits per heavy atom. The fourth-order valence-electron chi connectivity index (χ4n) is 2.36. The van der Waals surface area contributed by atoms with Gasteiger partial charge in [0.1, 0.15) is 17.4 Å². The molecule has 0 spiro atoms. The van der Waals surface area contributed by atoms with Gasteiger partial charge in [0.2, 0.25) is 0 Å². The zero-order valence-electron chi connectivity index (χ0n) is 9.44. The molecule has 1 fully saturated rings. The maximum absolute atomic E-state index is 10.1. The fraction of sp³-hybridized carbons (Fsp3) is 0.429. The molecule has 1 saturated carbocycles. The fourth-order valence-corrected chi connectivity index (χ4v) is 2.36. The van der Waals surface area contributed by atoms with Crippen molar-refractivity contribution in [2.45, 2.75) is 32.3 Å². The second-order valence-electron chi connectivity index (χ2n) is 4.78. The van der Waals surface area contributed by atoms with Crippen LogP contribution in [0, 0.1) is 12.8 Å². The molecule has 0 amide bonds. The minimum Gasteiger partial charge on any atom is -0.458 e. The van der Waals surface area contributed by atoms with Crippen molar-refractivity contribution in [2.75, 3.05) is 0 Å². The molecule has 0 bridgehead atoms. The zero-order chi connectivity index (χ0) is 11.1. The number of hydrogen-bond acceptors (Lipinski definition) is 2. The molecule has 16 heavy (non-hydrogen) atoms. The first-order chi connectivity index (χ1) is 7.75. The zero-order valence-corrected chi connectivity index (χ0v) is 9.44. The topological polar surface area (TPSA) is 33.4 Å². The lowest BCUT2D eigenvalue weighted by Crippen LogP contribution is -2.19. The highest BCUT2D eigenvalue weighted by molar-refractivity contribution is 5.80. The van der Waals surface area contributed by atoms with Crippen LogP contribution in [0.5, 0.6) is 0 Å². The van der Waals surface area contributed by atoms with E-state index in [0.717, 1.165) is 35.1 Å². The minimum atomic E-state index is -0.416. The van der Waals surface area contributed by atoms with Crippen LogP contribution in [0.1, 0.15) is 36.7 Å². The van der Waals surface area contributed by atoms with Crippen molar-refractivity contribution in [2.24, 2.45) is 5.92 Å². The molecule has 2 heteroatoms. The number of benzene rings is 1. The Balaban J connectivity index is 2.01. The lowest BCUT2D eigenvalue weighted by atomic mass is 9.80. The predicted molar refractivity (Wildman–Crippen MR) is 63.3 cm³/mol. The van der Waals surface area contributed by atoms with E-state index < -0.39 is 6.10 Å². The van der Waals surface area contributed by atoms with Crippen molar-refractivity contribution in [3.63, 3.8) is 0 Å². The summed E-state index contributed by atoms with van der Waals surface area (Å²) in [6.45, 7) is 2.03. The summed E-state index contributed by atoms with van der Waals surface area (Å²) in [7, 11) is 0. The molecule has 0 aliphatic heterocycles. The van der Waals surface area contributed by atoms with E-state index in [2.05, 4.69) is 0 Å². The molecule has 1 aliphatic carbocycles. The van der Waals surface area contributed by atoms with Crippen LogP contribution in [-0.4, -0.2) is 5.11 Å². The third-order valence-electron chi connectivity index (χ3n) is 3.65. The SMILES string of the molecule is Cc1cccc2cc(C(O)C3CCC3)oc12. The third kappa shape index (κ3) is 1.45. The standard InChI is InChI=1S/C14H16O2/c1-9-4-2-7-11-8-12(16-14(9)11)13(15)10-5-3-6-10/h2,4,7-8,10,13,15H,3,5-6H2,1H3. The van der Waals surface area contributed by atoms with Gasteiger partial charge >= 0.3 is 0 Å². The van der Waals surface area contributed by atoms with Gasteiger partial charge in [-0.15, -0.1) is 0 Å². The summed E-state index contributed by atoms with van der Waals surface area (Å²) in [5.74, 6) is 1.13. The Morgan fingerprint density at radius 1 is 1.38 bits per heavy atom. The Bertz CT molecular complexity index is 508. The Morgan fingerprint density at radius 3 is 2.81 bits per heavy atom. The molecule has 0 saturated heterocycles. The largest absolute Gasteiger partial charge is 0.458 e. The molecular weight excluding hydrogens is 200 g/mol. The summed E-state index contributed by atoms with van der Waals surface area (Å²) in [5, 5.41) is 11.2. The predicted octanol–water partition coefficient (Wildman–Crippen LogP) is 3.57. The van der Waals surface area contributed by atoms with E-state index in [1.807, 2.05) is 31.2 Å². The molecule has 1 unspecified atom stereocenters. The van der Waals surface area contributed by atoms with Gasteiger partial charge in [-0.05, 0) is 37.3 Å². The Kier molecular flexibility index (Phi) is 2.25. The van der Waals surface area contributed by atoms with Crippen LogP contribution in [0.2, 0.25) is 0 Å². The number of hydrogen-bond donors (Lipinski definition) is 1. The third-order valence-corrected chi connectivity index (χ3v) is 3.65. The summed E-state index contributed by atoms with van der Waals surface area (Å²) in [5.41, 5.74) is 2.04. The van der Waals surface area contributed by atoms with Gasteiger partial charge in [0, 0.05) is 5.39 Å². The van der Waals surface area contributed by atoms with Crippen molar-refractivity contribution >= 4 is 11.0 Å². The molecule has 3 rings (SSSR count). The van der Waals surface area contributed by atoms with Gasteiger partial charge in [-0.2, -0.15) is 0 Å². The van der Waals surface area contributed by atoms with Gasteiger partial charge in [-0.3, -0.25) is 0 Å². The molecule has 84 valence electrons. The highest BCUT2D eigenvalue weighted by Crippen LogP contribution is 2.39. The van der Waals surface area contributed by atoms with Crippen LogP contribution in [0.4, 0.5) is 0 Å². The molecule has 1 aromatic carbocycles. The monoisotopic (exact) mass is 216 g/mol. The van der Waals surface area contributed by atoms with E-state index >= 15 is 0 Å². The molecule has 0 radical (unpaired) electrons. The molecule has 2 nitrogen and oxygen atoms in total. The molecule has 1 N–H and O–H groups in total. The number of fused-ring (bicyclic) bond motifs is 1. The number of aryl methyl sites for hydroxylation is 1. The van der Waals surface area contributed by atoms with Gasteiger partial charge in [-0.25, -0.2) is 0 Å². The second-order valence-corrected chi connectivity index (χ2v) is 4.78. The number of para-hydroxylation sites is 1. The Labute approximate surface area is 94.9 Å². The highest BCUT2D eigenvalue weighted by atomic mass is 16.4. The normalized spacial score (nSPS) is 18.6. The van der Waals surface area contributed by atoms with E-state index in [1.165, 1.54) is 6.42 Å². The number of aliphatic hydroxyl groups excluding tert-OH is 1. The van der Waals surface area contributed by atoms with Gasteiger partial charge in [-0.1, -0.05) is 24.6 Å². The van der Waals surface area contributed by atoms with Gasteiger partial charge in [0.25, 0.3) is 0 Å². The van der Waals surface area contributed by atoms with Crippen molar-refractivity contribution in [1.29, 1.82) is 0 Å². The average molecular weight is 216 g/mol. The molecule has 1 atom stereocenters. The highest BCUT2D eigenvalue weighted by Gasteiger charge is 2.29. The second kappa shape index (κ2) is 3.63. The molecule has 1 aromatic heterocycles. The summed E-state index contributed by atoms with van der Waals surface area (Å²) < 4.78 is 5.77. The quantitative estimate of drug-likeness (QED) is 0.832. The van der Waals surface area contributed by atoms with E-state index in [9.17, 15) is 5.11 Å². The number of rotatable bonds is 2. The van der Waals surface area contributed by atoms with Gasteiger partial charge in [0.05, 0.1) is 0 Å². The molecule has 2 aromatic rings. The number of aliphatic hydroxyl groups is 1. The van der Waals surface area contributed by atoms with Crippen molar-refractivity contribution in [3.8, 4) is 0 Å². The maximum Gasteiger partial charge on any atom is 0.137 e. The number of furan rings is 1. The molecular formula is C14H16O2. The Hall–Kier alpha value is -1.28. The first kappa shape index (κ1) is 9.91. The van der Waals surface area contributed by atoms with Crippen molar-refractivity contribution in [1.82, 2.24) is 0 Å².